The van der Waals surface area contributed by atoms with Crippen LogP contribution < -0.4 is 5.73 Å². The first-order chi connectivity index (χ1) is 10.2. The Labute approximate surface area is 129 Å². The fraction of sp³-hybridized carbons (Fsp3) is 0.500. The molecule has 1 aromatic heterocycles. The summed E-state index contributed by atoms with van der Waals surface area (Å²) in [6.07, 6.45) is 6.95. The third kappa shape index (κ3) is 2.97. The van der Waals surface area contributed by atoms with Crippen molar-refractivity contribution in [2.75, 3.05) is 6.54 Å². The summed E-state index contributed by atoms with van der Waals surface area (Å²) < 4.78 is 5.56. The van der Waals surface area contributed by atoms with E-state index >= 15 is 0 Å². The number of benzene rings is 1. The van der Waals surface area contributed by atoms with Crippen molar-refractivity contribution in [3.05, 3.63) is 35.2 Å². The minimum Gasteiger partial charge on any atom is -0.338 e. The van der Waals surface area contributed by atoms with Gasteiger partial charge in [-0.1, -0.05) is 42.4 Å². The first-order valence-corrected chi connectivity index (χ1v) is 7.91. The molecular formula is C16H20ClN3O. The van der Waals surface area contributed by atoms with Gasteiger partial charge in [-0.05, 0) is 37.1 Å². The lowest BCUT2D eigenvalue weighted by atomic mass is 9.80. The van der Waals surface area contributed by atoms with Crippen LogP contribution in [-0.2, 0) is 5.41 Å². The summed E-state index contributed by atoms with van der Waals surface area (Å²) in [5.41, 5.74) is 6.83. The molecule has 0 aliphatic heterocycles. The fourth-order valence-electron chi connectivity index (χ4n) is 3.07. The van der Waals surface area contributed by atoms with Crippen LogP contribution in [0, 0.1) is 0 Å². The SMILES string of the molecule is NCC1(c2nc(-c3ccc(Cl)cc3)no2)CCCCCC1. The first kappa shape index (κ1) is 14.5. The molecular weight excluding hydrogens is 286 g/mol. The van der Waals surface area contributed by atoms with E-state index < -0.39 is 0 Å². The molecule has 1 fully saturated rings. The third-order valence-electron chi connectivity index (χ3n) is 4.43. The average molecular weight is 306 g/mol. The third-order valence-corrected chi connectivity index (χ3v) is 4.69. The van der Waals surface area contributed by atoms with Gasteiger partial charge in [-0.15, -0.1) is 0 Å². The molecule has 0 saturated heterocycles. The summed E-state index contributed by atoms with van der Waals surface area (Å²) in [5, 5.41) is 4.83. The van der Waals surface area contributed by atoms with E-state index in [2.05, 4.69) is 10.1 Å². The van der Waals surface area contributed by atoms with Crippen LogP contribution in [0.1, 0.15) is 44.4 Å². The Morgan fingerprint density at radius 1 is 1.10 bits per heavy atom. The highest BCUT2D eigenvalue weighted by atomic mass is 35.5. The molecule has 1 aromatic carbocycles. The van der Waals surface area contributed by atoms with Gasteiger partial charge in [0, 0.05) is 17.1 Å². The monoisotopic (exact) mass is 305 g/mol. The Hall–Kier alpha value is -1.39. The van der Waals surface area contributed by atoms with Gasteiger partial charge in [-0.2, -0.15) is 4.98 Å². The van der Waals surface area contributed by atoms with Crippen molar-refractivity contribution >= 4 is 11.6 Å². The van der Waals surface area contributed by atoms with Gasteiger partial charge in [0.1, 0.15) is 0 Å². The van der Waals surface area contributed by atoms with Crippen LogP contribution in [0.2, 0.25) is 5.02 Å². The van der Waals surface area contributed by atoms with E-state index in [0.29, 0.717) is 23.3 Å². The van der Waals surface area contributed by atoms with E-state index in [4.69, 9.17) is 21.9 Å². The predicted molar refractivity (Wildman–Crippen MR) is 83.2 cm³/mol. The van der Waals surface area contributed by atoms with E-state index in [1.807, 2.05) is 24.3 Å². The highest BCUT2D eigenvalue weighted by Crippen LogP contribution is 2.37. The Balaban J connectivity index is 1.90. The van der Waals surface area contributed by atoms with Gasteiger partial charge in [0.05, 0.1) is 5.41 Å². The van der Waals surface area contributed by atoms with Crippen LogP contribution in [0.3, 0.4) is 0 Å². The molecule has 5 heteroatoms. The molecule has 112 valence electrons. The van der Waals surface area contributed by atoms with Crippen LogP contribution in [0.25, 0.3) is 11.4 Å². The lowest BCUT2D eigenvalue weighted by Crippen LogP contribution is -2.35. The molecule has 3 rings (SSSR count). The molecule has 1 heterocycles. The van der Waals surface area contributed by atoms with E-state index in [0.717, 1.165) is 18.4 Å². The quantitative estimate of drug-likeness (QED) is 0.872. The molecule has 0 spiro atoms. The van der Waals surface area contributed by atoms with Gasteiger partial charge in [0.2, 0.25) is 11.7 Å². The van der Waals surface area contributed by atoms with E-state index in [1.165, 1.54) is 25.7 Å². The van der Waals surface area contributed by atoms with E-state index in [9.17, 15) is 0 Å². The summed E-state index contributed by atoms with van der Waals surface area (Å²) >= 11 is 5.91. The predicted octanol–water partition coefficient (Wildman–Crippen LogP) is 3.94. The second kappa shape index (κ2) is 6.16. The molecule has 1 aliphatic carbocycles. The van der Waals surface area contributed by atoms with Crippen molar-refractivity contribution in [1.29, 1.82) is 0 Å². The molecule has 0 unspecified atom stereocenters. The first-order valence-electron chi connectivity index (χ1n) is 7.54. The van der Waals surface area contributed by atoms with E-state index in [-0.39, 0.29) is 5.41 Å². The molecule has 0 amide bonds. The number of aromatic nitrogens is 2. The van der Waals surface area contributed by atoms with Crippen LogP contribution in [-0.4, -0.2) is 16.7 Å². The van der Waals surface area contributed by atoms with Crippen molar-refractivity contribution in [3.63, 3.8) is 0 Å². The van der Waals surface area contributed by atoms with Crippen molar-refractivity contribution in [1.82, 2.24) is 10.1 Å². The highest BCUT2D eigenvalue weighted by molar-refractivity contribution is 6.30. The van der Waals surface area contributed by atoms with Crippen LogP contribution in [0.5, 0.6) is 0 Å². The van der Waals surface area contributed by atoms with Gasteiger partial charge < -0.3 is 10.3 Å². The largest absolute Gasteiger partial charge is 0.338 e. The summed E-state index contributed by atoms with van der Waals surface area (Å²) in [6, 6.07) is 7.47. The van der Waals surface area contributed by atoms with Crippen LogP contribution in [0.15, 0.2) is 28.8 Å². The molecule has 0 atom stereocenters. The smallest absolute Gasteiger partial charge is 0.234 e. The Kier molecular flexibility index (Phi) is 4.27. The van der Waals surface area contributed by atoms with E-state index in [1.54, 1.807) is 0 Å². The van der Waals surface area contributed by atoms with Crippen LogP contribution >= 0.6 is 11.6 Å². The summed E-state index contributed by atoms with van der Waals surface area (Å²) in [5.74, 6) is 1.30. The second-order valence-corrected chi connectivity index (χ2v) is 6.27. The standard InChI is InChI=1S/C16H20ClN3O/c17-13-7-5-12(6-8-13)14-19-15(21-20-14)16(11-18)9-3-1-2-4-10-16/h5-8H,1-4,9-11,18H2. The average Bonchev–Trinajstić information content (AvgIpc) is 2.88. The highest BCUT2D eigenvalue weighted by Gasteiger charge is 2.37. The number of hydrogen-bond acceptors (Lipinski definition) is 4. The zero-order chi connectivity index (χ0) is 14.7. The molecule has 4 nitrogen and oxygen atoms in total. The van der Waals surface area contributed by atoms with Gasteiger partial charge in [0.25, 0.3) is 0 Å². The zero-order valence-electron chi connectivity index (χ0n) is 12.0. The van der Waals surface area contributed by atoms with Crippen molar-refractivity contribution in [2.24, 2.45) is 5.73 Å². The minimum absolute atomic E-state index is 0.145. The number of hydrogen-bond donors (Lipinski definition) is 1. The minimum atomic E-state index is -0.145. The Bertz CT molecular complexity index is 586. The molecule has 1 saturated carbocycles. The lowest BCUT2D eigenvalue weighted by Gasteiger charge is -2.26. The van der Waals surface area contributed by atoms with Gasteiger partial charge in [0.15, 0.2) is 0 Å². The molecule has 0 radical (unpaired) electrons. The summed E-state index contributed by atoms with van der Waals surface area (Å²) in [6.45, 7) is 0.565. The maximum atomic E-state index is 6.06. The number of rotatable bonds is 3. The number of halogens is 1. The Morgan fingerprint density at radius 3 is 2.38 bits per heavy atom. The zero-order valence-corrected chi connectivity index (χ0v) is 12.8. The fourth-order valence-corrected chi connectivity index (χ4v) is 3.19. The Morgan fingerprint density at radius 2 is 1.76 bits per heavy atom. The second-order valence-electron chi connectivity index (χ2n) is 5.83. The van der Waals surface area contributed by atoms with Gasteiger partial charge in [-0.25, -0.2) is 0 Å². The summed E-state index contributed by atoms with van der Waals surface area (Å²) in [4.78, 5) is 4.62. The number of nitrogens with zero attached hydrogens (tertiary/aromatic N) is 2. The maximum Gasteiger partial charge on any atom is 0.234 e. The molecule has 0 bridgehead atoms. The lowest BCUT2D eigenvalue weighted by molar-refractivity contribution is 0.257. The van der Waals surface area contributed by atoms with Crippen LogP contribution in [0.4, 0.5) is 0 Å². The van der Waals surface area contributed by atoms with Gasteiger partial charge >= 0.3 is 0 Å². The van der Waals surface area contributed by atoms with Crippen molar-refractivity contribution in [2.45, 2.75) is 43.9 Å². The van der Waals surface area contributed by atoms with Crippen molar-refractivity contribution < 1.29 is 4.52 Å². The molecule has 21 heavy (non-hydrogen) atoms. The number of nitrogens with two attached hydrogens (primary N) is 1. The van der Waals surface area contributed by atoms with Gasteiger partial charge in [-0.3, -0.25) is 0 Å². The topological polar surface area (TPSA) is 64.9 Å². The summed E-state index contributed by atoms with van der Waals surface area (Å²) in [7, 11) is 0. The maximum absolute atomic E-state index is 6.06. The normalized spacial score (nSPS) is 18.4. The van der Waals surface area contributed by atoms with Crippen molar-refractivity contribution in [3.8, 4) is 11.4 Å². The molecule has 2 N–H and O–H groups in total. The molecule has 2 aromatic rings. The molecule has 1 aliphatic rings.